The third-order valence-corrected chi connectivity index (χ3v) is 3.79. The zero-order valence-electron chi connectivity index (χ0n) is 11.8. The summed E-state index contributed by atoms with van der Waals surface area (Å²) in [6, 6.07) is 4.06. The third kappa shape index (κ3) is 2.88. The van der Waals surface area contributed by atoms with Gasteiger partial charge < -0.3 is 9.73 Å². The Morgan fingerprint density at radius 2 is 2.35 bits per heavy atom. The van der Waals surface area contributed by atoms with Crippen molar-refractivity contribution in [1.82, 2.24) is 20.1 Å². The molecule has 0 amide bonds. The molecule has 6 heteroatoms. The highest BCUT2D eigenvalue weighted by Crippen LogP contribution is 2.18. The summed E-state index contributed by atoms with van der Waals surface area (Å²) < 4.78 is 7.38. The lowest BCUT2D eigenvalue weighted by Gasteiger charge is -2.23. The Balaban J connectivity index is 1.60. The maximum Gasteiger partial charge on any atom is 0.193 e. The first-order valence-electron chi connectivity index (χ1n) is 7.03. The van der Waals surface area contributed by atoms with E-state index in [0.29, 0.717) is 23.7 Å². The first kappa shape index (κ1) is 13.6. The number of aromatic nitrogens is 3. The molecule has 0 spiro atoms. The maximum atomic E-state index is 5.76. The van der Waals surface area contributed by atoms with E-state index in [1.54, 1.807) is 6.07 Å². The minimum absolute atomic E-state index is 0.379. The average molecular weight is 295 g/mol. The number of fused-ring (bicyclic) bond motifs is 1. The number of hydrogen-bond donors (Lipinski definition) is 1. The van der Waals surface area contributed by atoms with Crippen molar-refractivity contribution in [3.63, 3.8) is 0 Å². The van der Waals surface area contributed by atoms with Gasteiger partial charge >= 0.3 is 0 Å². The molecule has 2 aromatic rings. The number of aryl methyl sites for hydroxylation is 1. The van der Waals surface area contributed by atoms with Crippen LogP contribution in [-0.4, -0.2) is 20.8 Å². The topological polar surface area (TPSA) is 55.9 Å². The van der Waals surface area contributed by atoms with E-state index < -0.39 is 0 Å². The van der Waals surface area contributed by atoms with Gasteiger partial charge in [-0.3, -0.25) is 0 Å². The Labute approximate surface area is 123 Å². The van der Waals surface area contributed by atoms with Crippen molar-refractivity contribution in [2.75, 3.05) is 0 Å². The lowest BCUT2D eigenvalue weighted by Crippen LogP contribution is -2.37. The van der Waals surface area contributed by atoms with E-state index in [0.717, 1.165) is 36.8 Å². The molecule has 0 aromatic carbocycles. The van der Waals surface area contributed by atoms with Crippen molar-refractivity contribution in [2.45, 2.75) is 51.7 Å². The lowest BCUT2D eigenvalue weighted by molar-refractivity contribution is 0.344. The van der Waals surface area contributed by atoms with Crippen molar-refractivity contribution in [3.05, 3.63) is 34.8 Å². The minimum Gasteiger partial charge on any atom is -0.448 e. The first-order chi connectivity index (χ1) is 9.61. The molecular formula is C14H19ClN4O. The number of rotatable bonds is 4. The first-order valence-corrected chi connectivity index (χ1v) is 7.41. The standard InChI is InChI=1S/C14H19ClN4O/c1-9(2)14-17-13-6-3-10(8-19(13)18-14)16-7-11-4-5-12(15)20-11/h4-5,9-10,16H,3,6-8H2,1-2H3/t10-/m0/s1. The molecular weight excluding hydrogens is 276 g/mol. The Morgan fingerprint density at radius 3 is 3.05 bits per heavy atom. The molecule has 0 saturated heterocycles. The molecule has 1 aliphatic rings. The van der Waals surface area contributed by atoms with Crippen LogP contribution in [0.25, 0.3) is 0 Å². The zero-order valence-corrected chi connectivity index (χ0v) is 12.5. The van der Waals surface area contributed by atoms with Crippen molar-refractivity contribution < 1.29 is 4.42 Å². The Bertz CT molecular complexity index is 590. The molecule has 1 N–H and O–H groups in total. The fourth-order valence-corrected chi connectivity index (χ4v) is 2.59. The smallest absolute Gasteiger partial charge is 0.193 e. The van der Waals surface area contributed by atoms with E-state index >= 15 is 0 Å². The monoisotopic (exact) mass is 294 g/mol. The molecule has 1 atom stereocenters. The minimum atomic E-state index is 0.379. The molecule has 3 heterocycles. The molecule has 0 aliphatic carbocycles. The predicted octanol–water partition coefficient (Wildman–Crippen LogP) is 2.75. The molecule has 5 nitrogen and oxygen atoms in total. The van der Waals surface area contributed by atoms with Gasteiger partial charge in [-0.1, -0.05) is 13.8 Å². The van der Waals surface area contributed by atoms with Gasteiger partial charge in [0.05, 0.1) is 13.1 Å². The molecule has 108 valence electrons. The molecule has 0 fully saturated rings. The number of hydrogen-bond acceptors (Lipinski definition) is 4. The highest BCUT2D eigenvalue weighted by atomic mass is 35.5. The van der Waals surface area contributed by atoms with Gasteiger partial charge in [-0.2, -0.15) is 5.10 Å². The maximum absolute atomic E-state index is 5.76. The van der Waals surface area contributed by atoms with Crippen LogP contribution in [-0.2, 0) is 19.5 Å². The van der Waals surface area contributed by atoms with Crippen LogP contribution in [0.4, 0.5) is 0 Å². The second kappa shape index (κ2) is 5.58. The van der Waals surface area contributed by atoms with E-state index in [1.807, 2.05) is 10.7 Å². The summed E-state index contributed by atoms with van der Waals surface area (Å²) in [6.07, 6.45) is 2.04. The molecule has 20 heavy (non-hydrogen) atoms. The zero-order chi connectivity index (χ0) is 14.1. The summed E-state index contributed by atoms with van der Waals surface area (Å²) in [6.45, 7) is 5.80. The SMILES string of the molecule is CC(C)c1nc2n(n1)C[C@@H](NCc1ccc(Cl)o1)CC2. The van der Waals surface area contributed by atoms with Gasteiger partial charge in [-0.15, -0.1) is 0 Å². The number of nitrogens with one attached hydrogen (secondary N) is 1. The number of nitrogens with zero attached hydrogens (tertiary/aromatic N) is 3. The summed E-state index contributed by atoms with van der Waals surface area (Å²) in [7, 11) is 0. The van der Waals surface area contributed by atoms with E-state index in [2.05, 4.69) is 29.2 Å². The largest absolute Gasteiger partial charge is 0.448 e. The molecule has 1 aliphatic heterocycles. The molecule has 0 saturated carbocycles. The second-order valence-corrected chi connectivity index (χ2v) is 5.92. The quantitative estimate of drug-likeness (QED) is 0.942. The molecule has 0 unspecified atom stereocenters. The summed E-state index contributed by atoms with van der Waals surface area (Å²) in [5, 5.41) is 8.51. The Hall–Kier alpha value is -1.33. The van der Waals surface area contributed by atoms with Gasteiger partial charge in [0, 0.05) is 18.4 Å². The number of furan rings is 1. The van der Waals surface area contributed by atoms with Crippen molar-refractivity contribution >= 4 is 11.6 Å². The van der Waals surface area contributed by atoms with Gasteiger partial charge in [0.25, 0.3) is 0 Å². The summed E-state index contributed by atoms with van der Waals surface area (Å²) in [5.74, 6) is 3.29. The predicted molar refractivity (Wildman–Crippen MR) is 76.8 cm³/mol. The van der Waals surface area contributed by atoms with E-state index in [9.17, 15) is 0 Å². The lowest BCUT2D eigenvalue weighted by atomic mass is 10.1. The molecule has 0 radical (unpaired) electrons. The van der Waals surface area contributed by atoms with Crippen LogP contribution in [0, 0.1) is 0 Å². The number of halogens is 1. The van der Waals surface area contributed by atoms with Crippen LogP contribution in [0.2, 0.25) is 5.22 Å². The van der Waals surface area contributed by atoms with Gasteiger partial charge in [-0.05, 0) is 30.2 Å². The van der Waals surface area contributed by atoms with Crippen molar-refractivity contribution in [2.24, 2.45) is 0 Å². The average Bonchev–Trinajstić information content (AvgIpc) is 3.01. The molecule has 3 rings (SSSR count). The molecule has 2 aromatic heterocycles. The highest BCUT2D eigenvalue weighted by Gasteiger charge is 2.22. The van der Waals surface area contributed by atoms with Crippen LogP contribution >= 0.6 is 11.6 Å². The summed E-state index contributed by atoms with van der Waals surface area (Å²) in [5.41, 5.74) is 0. The van der Waals surface area contributed by atoms with E-state index in [4.69, 9.17) is 16.0 Å². The Morgan fingerprint density at radius 1 is 1.50 bits per heavy atom. The fraction of sp³-hybridized carbons (Fsp3) is 0.571. The van der Waals surface area contributed by atoms with Crippen molar-refractivity contribution in [1.29, 1.82) is 0 Å². The normalized spacial score (nSPS) is 18.5. The van der Waals surface area contributed by atoms with Crippen LogP contribution in [0.15, 0.2) is 16.5 Å². The van der Waals surface area contributed by atoms with E-state index in [-0.39, 0.29) is 0 Å². The van der Waals surface area contributed by atoms with Crippen LogP contribution in [0.5, 0.6) is 0 Å². The van der Waals surface area contributed by atoms with Gasteiger partial charge in [0.15, 0.2) is 11.0 Å². The van der Waals surface area contributed by atoms with Crippen molar-refractivity contribution in [3.8, 4) is 0 Å². The summed E-state index contributed by atoms with van der Waals surface area (Å²) in [4.78, 5) is 4.59. The third-order valence-electron chi connectivity index (χ3n) is 3.58. The summed E-state index contributed by atoms with van der Waals surface area (Å²) >= 11 is 5.76. The fourth-order valence-electron chi connectivity index (χ4n) is 2.43. The van der Waals surface area contributed by atoms with Gasteiger partial charge in [0.2, 0.25) is 0 Å². The Kier molecular flexibility index (Phi) is 3.81. The van der Waals surface area contributed by atoms with Gasteiger partial charge in [-0.25, -0.2) is 9.67 Å². The van der Waals surface area contributed by atoms with Gasteiger partial charge in [0.1, 0.15) is 11.6 Å². The second-order valence-electron chi connectivity index (χ2n) is 5.55. The molecule has 0 bridgehead atoms. The highest BCUT2D eigenvalue weighted by molar-refractivity contribution is 6.28. The van der Waals surface area contributed by atoms with Crippen LogP contribution in [0.1, 0.15) is 43.6 Å². The van der Waals surface area contributed by atoms with E-state index in [1.165, 1.54) is 0 Å². The van der Waals surface area contributed by atoms with Crippen LogP contribution < -0.4 is 5.32 Å². The van der Waals surface area contributed by atoms with Crippen LogP contribution in [0.3, 0.4) is 0 Å².